The Morgan fingerprint density at radius 2 is 1.90 bits per heavy atom. The maximum Gasteiger partial charge on any atom is 0.416 e. The van der Waals surface area contributed by atoms with E-state index in [-0.39, 0.29) is 29.1 Å². The highest BCUT2D eigenvalue weighted by molar-refractivity contribution is 5.81. The van der Waals surface area contributed by atoms with Crippen LogP contribution in [-0.2, 0) is 17.4 Å². The van der Waals surface area contributed by atoms with E-state index in [1.807, 2.05) is 30.3 Å². The number of aromatic nitrogens is 2. The number of carbonyl (C=O) groups excluding carboxylic acids is 1. The van der Waals surface area contributed by atoms with Gasteiger partial charge in [-0.2, -0.15) is 18.2 Å². The summed E-state index contributed by atoms with van der Waals surface area (Å²) in [4.78, 5) is 16.6. The number of carbonyl (C=O) groups is 1. The van der Waals surface area contributed by atoms with Gasteiger partial charge < -0.3 is 9.84 Å². The molecule has 0 spiro atoms. The van der Waals surface area contributed by atoms with Crippen LogP contribution in [0.5, 0.6) is 0 Å². The quantitative estimate of drug-likeness (QED) is 0.657. The summed E-state index contributed by atoms with van der Waals surface area (Å²) >= 11 is 0. The third kappa shape index (κ3) is 4.64. The van der Waals surface area contributed by atoms with E-state index in [9.17, 15) is 18.0 Å². The molecule has 1 aromatic heterocycles. The second-order valence-corrected chi connectivity index (χ2v) is 7.06. The normalized spacial score (nSPS) is 15.1. The Morgan fingerprint density at radius 1 is 1.14 bits per heavy atom. The van der Waals surface area contributed by atoms with Crippen molar-refractivity contribution in [2.24, 2.45) is 5.92 Å². The average molecular weight is 401 g/mol. The van der Waals surface area contributed by atoms with Crippen molar-refractivity contribution < 1.29 is 22.5 Å². The van der Waals surface area contributed by atoms with Crippen LogP contribution < -0.4 is 5.32 Å². The molecule has 0 aliphatic heterocycles. The lowest BCUT2D eigenvalue weighted by molar-refractivity contribution is -0.137. The van der Waals surface area contributed by atoms with Crippen molar-refractivity contribution in [3.8, 4) is 11.4 Å². The Hall–Kier alpha value is -3.16. The molecule has 1 heterocycles. The predicted molar refractivity (Wildman–Crippen MR) is 98.5 cm³/mol. The molecule has 5 nitrogen and oxygen atoms in total. The lowest BCUT2D eigenvalue weighted by Crippen LogP contribution is -2.31. The van der Waals surface area contributed by atoms with E-state index in [4.69, 9.17) is 4.52 Å². The van der Waals surface area contributed by atoms with Crippen molar-refractivity contribution in [3.63, 3.8) is 0 Å². The zero-order valence-electron chi connectivity index (χ0n) is 15.3. The molecule has 0 saturated heterocycles. The van der Waals surface area contributed by atoms with Crippen LogP contribution in [0.1, 0.15) is 35.9 Å². The molecule has 1 N–H and O–H groups in total. The number of benzene rings is 2. The van der Waals surface area contributed by atoms with Gasteiger partial charge in [0.05, 0.1) is 5.56 Å². The molecule has 3 aromatic rings. The second-order valence-electron chi connectivity index (χ2n) is 7.06. The van der Waals surface area contributed by atoms with Crippen LogP contribution >= 0.6 is 0 Å². The lowest BCUT2D eigenvalue weighted by Gasteiger charge is -2.15. The molecule has 1 fully saturated rings. The van der Waals surface area contributed by atoms with E-state index < -0.39 is 17.8 Å². The van der Waals surface area contributed by atoms with E-state index >= 15 is 0 Å². The van der Waals surface area contributed by atoms with Gasteiger partial charge in [-0.25, -0.2) is 0 Å². The lowest BCUT2D eigenvalue weighted by atomic mass is 10.1. The molecule has 0 bridgehead atoms. The fourth-order valence-corrected chi connectivity index (χ4v) is 3.01. The highest BCUT2D eigenvalue weighted by Crippen LogP contribution is 2.32. The molecular weight excluding hydrogens is 383 g/mol. The van der Waals surface area contributed by atoms with Gasteiger partial charge in [0, 0.05) is 17.9 Å². The summed E-state index contributed by atoms with van der Waals surface area (Å²) in [5.74, 6) is 0.129. The fourth-order valence-electron chi connectivity index (χ4n) is 3.01. The number of nitrogens with one attached hydrogen (secondary N) is 1. The summed E-state index contributed by atoms with van der Waals surface area (Å²) in [6.07, 6.45) is -2.33. The van der Waals surface area contributed by atoms with Crippen molar-refractivity contribution in [2.45, 2.75) is 31.5 Å². The van der Waals surface area contributed by atoms with Crippen molar-refractivity contribution in [1.29, 1.82) is 0 Å². The van der Waals surface area contributed by atoms with Gasteiger partial charge in [-0.1, -0.05) is 47.6 Å². The summed E-state index contributed by atoms with van der Waals surface area (Å²) < 4.78 is 44.2. The van der Waals surface area contributed by atoms with Crippen molar-refractivity contribution in [3.05, 3.63) is 71.6 Å². The van der Waals surface area contributed by atoms with E-state index in [1.54, 1.807) is 0 Å². The van der Waals surface area contributed by atoms with E-state index in [2.05, 4.69) is 15.5 Å². The molecule has 1 atom stereocenters. The van der Waals surface area contributed by atoms with Gasteiger partial charge in [-0.3, -0.25) is 4.79 Å². The molecule has 150 valence electrons. The average Bonchev–Trinajstić information content (AvgIpc) is 3.44. The first-order valence-electron chi connectivity index (χ1n) is 9.25. The first-order chi connectivity index (χ1) is 13.9. The number of nitrogens with zero attached hydrogens (tertiary/aromatic N) is 2. The second kappa shape index (κ2) is 7.69. The molecule has 4 rings (SSSR count). The molecular formula is C21H18F3N3O2. The van der Waals surface area contributed by atoms with Gasteiger partial charge in [0.25, 0.3) is 0 Å². The maximum absolute atomic E-state index is 13.0. The Bertz CT molecular complexity index is 998. The van der Waals surface area contributed by atoms with Crippen molar-refractivity contribution >= 4 is 5.91 Å². The minimum Gasteiger partial charge on any atom is -0.344 e. The van der Waals surface area contributed by atoms with Gasteiger partial charge in [0.2, 0.25) is 17.6 Å². The maximum atomic E-state index is 13.0. The molecule has 2 aromatic carbocycles. The SMILES string of the molecule is O=C(N[C@H](Cc1ccccc1)c1nc(-c2cccc(C(F)(F)F)c2)no1)C1CC1. The summed E-state index contributed by atoms with van der Waals surface area (Å²) in [6.45, 7) is 0. The van der Waals surface area contributed by atoms with Crippen LogP contribution in [0.15, 0.2) is 59.1 Å². The number of halogens is 3. The summed E-state index contributed by atoms with van der Waals surface area (Å²) in [5, 5.41) is 6.76. The topological polar surface area (TPSA) is 68.0 Å². The van der Waals surface area contributed by atoms with E-state index in [0.29, 0.717) is 6.42 Å². The first kappa shape index (κ1) is 19.2. The highest BCUT2D eigenvalue weighted by atomic mass is 19.4. The molecule has 1 aliphatic rings. The smallest absolute Gasteiger partial charge is 0.344 e. The van der Waals surface area contributed by atoms with Gasteiger partial charge in [-0.05, 0) is 30.5 Å². The largest absolute Gasteiger partial charge is 0.416 e. The molecule has 1 saturated carbocycles. The van der Waals surface area contributed by atoms with Gasteiger partial charge in [-0.15, -0.1) is 0 Å². The standard InChI is InChI=1S/C21H18F3N3O2/c22-21(23,24)16-8-4-7-15(12-16)18-26-20(29-27-18)17(25-19(28)14-9-10-14)11-13-5-2-1-3-6-13/h1-8,12,14,17H,9-11H2,(H,25,28)/t17-/m1/s1. The van der Waals surface area contributed by atoms with Crippen LogP contribution in [0.3, 0.4) is 0 Å². The molecule has 0 radical (unpaired) electrons. The van der Waals surface area contributed by atoms with E-state index in [0.717, 1.165) is 30.5 Å². The Labute approximate surface area is 164 Å². The molecule has 29 heavy (non-hydrogen) atoms. The fraction of sp³-hybridized carbons (Fsp3) is 0.286. The Morgan fingerprint density at radius 3 is 2.59 bits per heavy atom. The third-order valence-corrected chi connectivity index (χ3v) is 4.74. The van der Waals surface area contributed by atoms with Crippen LogP contribution in [0, 0.1) is 5.92 Å². The Kier molecular flexibility index (Phi) is 5.08. The monoisotopic (exact) mass is 401 g/mol. The zero-order chi connectivity index (χ0) is 20.4. The third-order valence-electron chi connectivity index (χ3n) is 4.74. The minimum absolute atomic E-state index is 0.000803. The predicted octanol–water partition coefficient (Wildman–Crippen LogP) is 4.57. The zero-order valence-corrected chi connectivity index (χ0v) is 15.3. The molecule has 0 unspecified atom stereocenters. The van der Waals surface area contributed by atoms with Crippen LogP contribution in [0.25, 0.3) is 11.4 Å². The van der Waals surface area contributed by atoms with Crippen LogP contribution in [-0.4, -0.2) is 16.0 Å². The number of hydrogen-bond acceptors (Lipinski definition) is 4. The van der Waals surface area contributed by atoms with Gasteiger partial charge in [0.1, 0.15) is 6.04 Å². The highest BCUT2D eigenvalue weighted by Gasteiger charge is 2.33. The first-order valence-corrected chi connectivity index (χ1v) is 9.25. The van der Waals surface area contributed by atoms with Gasteiger partial charge >= 0.3 is 6.18 Å². The minimum atomic E-state index is -4.46. The summed E-state index contributed by atoms with van der Waals surface area (Å²) in [5.41, 5.74) is 0.374. The Balaban J connectivity index is 1.60. The number of amides is 1. The molecule has 1 aliphatic carbocycles. The number of hydrogen-bond donors (Lipinski definition) is 1. The van der Waals surface area contributed by atoms with E-state index in [1.165, 1.54) is 12.1 Å². The molecule has 8 heteroatoms. The summed E-state index contributed by atoms with van der Waals surface area (Å²) in [6, 6.07) is 13.7. The number of alkyl halides is 3. The van der Waals surface area contributed by atoms with Crippen LogP contribution in [0.2, 0.25) is 0 Å². The van der Waals surface area contributed by atoms with Crippen LogP contribution in [0.4, 0.5) is 13.2 Å². The molecule has 1 amide bonds. The van der Waals surface area contributed by atoms with Gasteiger partial charge in [0.15, 0.2) is 0 Å². The van der Waals surface area contributed by atoms with Crippen molar-refractivity contribution in [2.75, 3.05) is 0 Å². The summed E-state index contributed by atoms with van der Waals surface area (Å²) in [7, 11) is 0. The van der Waals surface area contributed by atoms with Crippen molar-refractivity contribution in [1.82, 2.24) is 15.5 Å². The number of rotatable bonds is 6.